The van der Waals surface area contributed by atoms with E-state index < -0.39 is 0 Å². The maximum Gasteiger partial charge on any atom is 0.146 e. The topological polar surface area (TPSA) is 12.0 Å². The van der Waals surface area contributed by atoms with Crippen molar-refractivity contribution >= 4 is 11.6 Å². The van der Waals surface area contributed by atoms with Crippen molar-refractivity contribution in [3.63, 3.8) is 0 Å². The van der Waals surface area contributed by atoms with Gasteiger partial charge >= 0.3 is 0 Å². The molecule has 3 heteroatoms. The first-order valence-electron chi connectivity index (χ1n) is 5.34. The number of benzene rings is 1. The first-order valence-corrected chi connectivity index (χ1v) is 5.72. The van der Waals surface area contributed by atoms with Crippen molar-refractivity contribution in [3.05, 3.63) is 34.6 Å². The van der Waals surface area contributed by atoms with Gasteiger partial charge in [0.05, 0.1) is 5.02 Å². The Labute approximate surface area is 94.6 Å². The molecular weight excluding hydrogens is 213 g/mol. The van der Waals surface area contributed by atoms with Crippen LogP contribution in [0.2, 0.25) is 5.02 Å². The van der Waals surface area contributed by atoms with E-state index in [1.54, 1.807) is 18.2 Å². The van der Waals surface area contributed by atoms with Crippen molar-refractivity contribution in [2.45, 2.75) is 32.4 Å². The molecule has 1 nitrogen and oxygen atoms in total. The second-order valence-corrected chi connectivity index (χ2v) is 4.63. The summed E-state index contributed by atoms with van der Waals surface area (Å²) in [6, 6.07) is 5.60. The summed E-state index contributed by atoms with van der Waals surface area (Å²) >= 11 is 5.70. The summed E-state index contributed by atoms with van der Waals surface area (Å²) in [7, 11) is 0. The summed E-state index contributed by atoms with van der Waals surface area (Å²) in [5, 5.41) is 3.53. The molecule has 1 fully saturated rings. The number of halogens is 2. The largest absolute Gasteiger partial charge is 0.310 e. The zero-order chi connectivity index (χ0) is 10.8. The number of rotatable bonds is 4. The van der Waals surface area contributed by atoms with Gasteiger partial charge in [0, 0.05) is 18.2 Å². The zero-order valence-electron chi connectivity index (χ0n) is 8.76. The monoisotopic (exact) mass is 227 g/mol. The molecule has 0 heterocycles. The first kappa shape index (κ1) is 10.9. The highest BCUT2D eigenvalue weighted by Crippen LogP contribution is 2.32. The van der Waals surface area contributed by atoms with Crippen molar-refractivity contribution in [1.29, 1.82) is 0 Å². The maximum absolute atomic E-state index is 13.5. The molecule has 0 aromatic heterocycles. The molecule has 0 bridgehead atoms. The van der Waals surface area contributed by atoms with Gasteiger partial charge in [-0.1, -0.05) is 23.7 Å². The Morgan fingerprint density at radius 3 is 2.93 bits per heavy atom. The van der Waals surface area contributed by atoms with E-state index in [1.165, 1.54) is 12.8 Å². The highest BCUT2D eigenvalue weighted by molar-refractivity contribution is 6.30. The zero-order valence-corrected chi connectivity index (χ0v) is 9.52. The van der Waals surface area contributed by atoms with Gasteiger partial charge in [-0.25, -0.2) is 4.39 Å². The van der Waals surface area contributed by atoms with Crippen LogP contribution in [-0.2, 0) is 6.54 Å². The van der Waals surface area contributed by atoms with Gasteiger partial charge in [0.15, 0.2) is 0 Å². The van der Waals surface area contributed by atoms with Crippen LogP contribution in [0, 0.1) is 11.7 Å². The molecule has 0 spiro atoms. The number of hydrogen-bond donors (Lipinski definition) is 1. The quantitative estimate of drug-likeness (QED) is 0.832. The summed E-state index contributed by atoms with van der Waals surface area (Å²) in [5.74, 6) is 0.488. The molecule has 1 atom stereocenters. The molecule has 1 unspecified atom stereocenters. The third kappa shape index (κ3) is 2.70. The summed E-state index contributed by atoms with van der Waals surface area (Å²) in [5.41, 5.74) is 0.648. The van der Waals surface area contributed by atoms with Gasteiger partial charge in [0.2, 0.25) is 0 Å². The lowest BCUT2D eigenvalue weighted by Crippen LogP contribution is -2.27. The molecule has 1 aromatic rings. The van der Waals surface area contributed by atoms with Gasteiger partial charge in [-0.3, -0.25) is 0 Å². The molecule has 1 N–H and O–H groups in total. The van der Waals surface area contributed by atoms with Crippen LogP contribution in [0.3, 0.4) is 0 Å². The van der Waals surface area contributed by atoms with Crippen molar-refractivity contribution in [2.24, 2.45) is 5.92 Å². The van der Waals surface area contributed by atoms with Crippen LogP contribution in [0.25, 0.3) is 0 Å². The molecule has 0 saturated heterocycles. The van der Waals surface area contributed by atoms with Gasteiger partial charge in [0.25, 0.3) is 0 Å². The van der Waals surface area contributed by atoms with Crippen molar-refractivity contribution < 1.29 is 4.39 Å². The third-order valence-electron chi connectivity index (χ3n) is 2.98. The van der Waals surface area contributed by atoms with E-state index in [9.17, 15) is 4.39 Å². The van der Waals surface area contributed by atoms with E-state index >= 15 is 0 Å². The molecule has 1 saturated carbocycles. The number of nitrogens with one attached hydrogen (secondary N) is 1. The lowest BCUT2D eigenvalue weighted by molar-refractivity contribution is 0.485. The summed E-state index contributed by atoms with van der Waals surface area (Å²) in [4.78, 5) is 0. The van der Waals surface area contributed by atoms with Gasteiger partial charge in [0.1, 0.15) is 5.82 Å². The molecule has 0 amide bonds. The summed E-state index contributed by atoms with van der Waals surface area (Å²) < 4.78 is 13.5. The summed E-state index contributed by atoms with van der Waals surface area (Å²) in [6.45, 7) is 2.71. The first-order chi connectivity index (χ1) is 7.18. The Kier molecular flexibility index (Phi) is 3.27. The fourth-order valence-corrected chi connectivity index (χ4v) is 1.91. The van der Waals surface area contributed by atoms with Gasteiger partial charge in [-0.05, 0) is 31.7 Å². The SMILES string of the molecule is CC(NCc1cccc(Cl)c1F)C1CC1. The van der Waals surface area contributed by atoms with E-state index in [2.05, 4.69) is 12.2 Å². The maximum atomic E-state index is 13.5. The van der Waals surface area contributed by atoms with E-state index in [0.29, 0.717) is 18.2 Å². The van der Waals surface area contributed by atoms with Gasteiger partial charge < -0.3 is 5.32 Å². The van der Waals surface area contributed by atoms with Crippen LogP contribution in [0.4, 0.5) is 4.39 Å². The third-order valence-corrected chi connectivity index (χ3v) is 3.27. The average molecular weight is 228 g/mol. The Morgan fingerprint density at radius 1 is 1.53 bits per heavy atom. The van der Waals surface area contributed by atoms with Crippen LogP contribution in [0.5, 0.6) is 0 Å². The van der Waals surface area contributed by atoms with E-state index in [4.69, 9.17) is 11.6 Å². The second-order valence-electron chi connectivity index (χ2n) is 4.22. The fraction of sp³-hybridized carbons (Fsp3) is 0.500. The Morgan fingerprint density at radius 2 is 2.27 bits per heavy atom. The van der Waals surface area contributed by atoms with Crippen LogP contribution < -0.4 is 5.32 Å². The standard InChI is InChI=1S/C12H15ClFN/c1-8(9-5-6-9)15-7-10-3-2-4-11(13)12(10)14/h2-4,8-9,15H,5-7H2,1H3. The molecule has 1 aliphatic carbocycles. The van der Waals surface area contributed by atoms with Crippen LogP contribution in [0.15, 0.2) is 18.2 Å². The van der Waals surface area contributed by atoms with E-state index in [0.717, 1.165) is 5.92 Å². The predicted molar refractivity (Wildman–Crippen MR) is 60.4 cm³/mol. The molecular formula is C12H15ClFN. The molecule has 0 aliphatic heterocycles. The van der Waals surface area contributed by atoms with Crippen LogP contribution >= 0.6 is 11.6 Å². The van der Waals surface area contributed by atoms with Crippen molar-refractivity contribution in [2.75, 3.05) is 0 Å². The van der Waals surface area contributed by atoms with E-state index in [-0.39, 0.29) is 10.8 Å². The van der Waals surface area contributed by atoms with Gasteiger partial charge in [-0.15, -0.1) is 0 Å². The second kappa shape index (κ2) is 4.50. The molecule has 82 valence electrons. The highest BCUT2D eigenvalue weighted by Gasteiger charge is 2.27. The van der Waals surface area contributed by atoms with Crippen LogP contribution in [-0.4, -0.2) is 6.04 Å². The lowest BCUT2D eigenvalue weighted by atomic mass is 10.1. The smallest absolute Gasteiger partial charge is 0.146 e. The Hall–Kier alpha value is -0.600. The minimum Gasteiger partial charge on any atom is -0.310 e. The number of hydrogen-bond acceptors (Lipinski definition) is 1. The highest BCUT2D eigenvalue weighted by atomic mass is 35.5. The van der Waals surface area contributed by atoms with E-state index in [1.807, 2.05) is 0 Å². The van der Waals surface area contributed by atoms with Crippen molar-refractivity contribution in [3.8, 4) is 0 Å². The molecule has 2 rings (SSSR count). The van der Waals surface area contributed by atoms with Crippen molar-refractivity contribution in [1.82, 2.24) is 5.32 Å². The lowest BCUT2D eigenvalue weighted by Gasteiger charge is -2.13. The minimum atomic E-state index is -0.297. The Bertz CT molecular complexity index is 349. The minimum absolute atomic E-state index is 0.202. The molecule has 15 heavy (non-hydrogen) atoms. The van der Waals surface area contributed by atoms with Crippen LogP contribution in [0.1, 0.15) is 25.3 Å². The molecule has 1 aliphatic rings. The van der Waals surface area contributed by atoms with Gasteiger partial charge in [-0.2, -0.15) is 0 Å². The predicted octanol–water partition coefficient (Wildman–Crippen LogP) is 3.37. The molecule has 1 aromatic carbocycles. The summed E-state index contributed by atoms with van der Waals surface area (Å²) in [6.07, 6.45) is 2.60. The Balaban J connectivity index is 1.95. The normalized spacial score (nSPS) is 17.8. The fourth-order valence-electron chi connectivity index (χ4n) is 1.72. The molecule has 0 radical (unpaired) electrons. The average Bonchev–Trinajstić information content (AvgIpc) is 3.03.